The largest absolute Gasteiger partial charge is 0.480 e. The number of nitrogens with zero attached hydrogens (tertiary/aromatic N) is 2. The molecule has 19 heavy (non-hydrogen) atoms. The van der Waals surface area contributed by atoms with Crippen LogP contribution in [0.1, 0.15) is 12.8 Å². The molecule has 0 aliphatic heterocycles. The number of unbranched alkanes of at least 4 members (excludes halogenated alkanes) is 1. The zero-order valence-corrected chi connectivity index (χ0v) is 10.6. The summed E-state index contributed by atoms with van der Waals surface area (Å²) >= 11 is 0. The third kappa shape index (κ3) is 8.06. The van der Waals surface area contributed by atoms with E-state index in [2.05, 4.69) is 6.58 Å². The first-order valence-electron chi connectivity index (χ1n) is 5.57. The Kier molecular flexibility index (Phi) is 6.95. The minimum absolute atomic E-state index is 0.235. The summed E-state index contributed by atoms with van der Waals surface area (Å²) < 4.78 is 36.8. The maximum Gasteiger partial charge on any atom is 0.406 e. The van der Waals surface area contributed by atoms with Gasteiger partial charge in [0.05, 0.1) is 0 Å². The van der Waals surface area contributed by atoms with Crippen LogP contribution in [-0.4, -0.2) is 59.8 Å². The SMILES string of the molecule is C=CCCCN(C)C(=O)N(CC(=O)O)CC(F)(F)F. The van der Waals surface area contributed by atoms with Crippen molar-refractivity contribution in [2.45, 2.75) is 19.0 Å². The number of carbonyl (C=O) groups excluding carboxylic acids is 1. The van der Waals surface area contributed by atoms with Crippen LogP contribution < -0.4 is 0 Å². The highest BCUT2D eigenvalue weighted by atomic mass is 19.4. The van der Waals surface area contributed by atoms with Gasteiger partial charge >= 0.3 is 18.2 Å². The number of aliphatic carboxylic acids is 1. The van der Waals surface area contributed by atoms with Gasteiger partial charge in [-0.25, -0.2) is 4.79 Å². The van der Waals surface area contributed by atoms with Crippen LogP contribution in [0.4, 0.5) is 18.0 Å². The molecule has 0 aliphatic carbocycles. The van der Waals surface area contributed by atoms with E-state index < -0.39 is 31.3 Å². The Bertz CT molecular complexity index is 332. The molecule has 0 bridgehead atoms. The number of halogens is 3. The van der Waals surface area contributed by atoms with Gasteiger partial charge in [-0.2, -0.15) is 13.2 Å². The van der Waals surface area contributed by atoms with Gasteiger partial charge in [0, 0.05) is 13.6 Å². The quantitative estimate of drug-likeness (QED) is 0.573. The maximum absolute atomic E-state index is 12.3. The molecule has 0 saturated carbocycles. The molecule has 0 aromatic rings. The second-order valence-corrected chi connectivity index (χ2v) is 4.00. The number of hydrogen-bond donors (Lipinski definition) is 1. The van der Waals surface area contributed by atoms with Crippen LogP contribution in [0.5, 0.6) is 0 Å². The van der Waals surface area contributed by atoms with Crippen LogP contribution in [0.15, 0.2) is 12.7 Å². The lowest BCUT2D eigenvalue weighted by Crippen LogP contribution is -2.47. The molecule has 110 valence electrons. The van der Waals surface area contributed by atoms with Crippen molar-refractivity contribution in [3.63, 3.8) is 0 Å². The number of carbonyl (C=O) groups is 2. The molecular weight excluding hydrogens is 265 g/mol. The first-order chi connectivity index (χ1) is 8.67. The van der Waals surface area contributed by atoms with Gasteiger partial charge in [-0.15, -0.1) is 6.58 Å². The molecule has 5 nitrogen and oxygen atoms in total. The van der Waals surface area contributed by atoms with Crippen LogP contribution >= 0.6 is 0 Å². The molecule has 0 radical (unpaired) electrons. The van der Waals surface area contributed by atoms with Gasteiger partial charge in [0.2, 0.25) is 0 Å². The van der Waals surface area contributed by atoms with Crippen molar-refractivity contribution in [1.29, 1.82) is 0 Å². The van der Waals surface area contributed by atoms with Crippen LogP contribution in [0, 0.1) is 0 Å². The summed E-state index contributed by atoms with van der Waals surface area (Å²) in [6.07, 6.45) is -1.83. The smallest absolute Gasteiger partial charge is 0.406 e. The highest BCUT2D eigenvalue weighted by molar-refractivity contribution is 5.80. The van der Waals surface area contributed by atoms with E-state index in [-0.39, 0.29) is 11.4 Å². The Hall–Kier alpha value is -1.73. The summed E-state index contributed by atoms with van der Waals surface area (Å²) in [6.45, 7) is 1.16. The molecule has 0 rings (SSSR count). The molecule has 0 fully saturated rings. The third-order valence-electron chi connectivity index (χ3n) is 2.20. The predicted molar refractivity (Wildman–Crippen MR) is 62.7 cm³/mol. The molecule has 0 aromatic carbocycles. The minimum Gasteiger partial charge on any atom is -0.480 e. The van der Waals surface area contributed by atoms with Gasteiger partial charge in [0.15, 0.2) is 0 Å². The van der Waals surface area contributed by atoms with Crippen LogP contribution in [0.3, 0.4) is 0 Å². The van der Waals surface area contributed by atoms with E-state index in [9.17, 15) is 22.8 Å². The molecule has 0 saturated heterocycles. The van der Waals surface area contributed by atoms with Gasteiger partial charge in [-0.1, -0.05) is 6.08 Å². The highest BCUT2D eigenvalue weighted by Crippen LogP contribution is 2.17. The Morgan fingerprint density at radius 3 is 2.37 bits per heavy atom. The summed E-state index contributed by atoms with van der Waals surface area (Å²) in [7, 11) is 1.33. The van der Waals surface area contributed by atoms with Crippen molar-refractivity contribution in [3.05, 3.63) is 12.7 Å². The van der Waals surface area contributed by atoms with E-state index >= 15 is 0 Å². The van der Waals surface area contributed by atoms with Crippen molar-refractivity contribution in [1.82, 2.24) is 9.80 Å². The molecule has 1 N–H and O–H groups in total. The van der Waals surface area contributed by atoms with Crippen LogP contribution in [-0.2, 0) is 4.79 Å². The summed E-state index contributed by atoms with van der Waals surface area (Å²) in [5.41, 5.74) is 0. The lowest BCUT2D eigenvalue weighted by atomic mass is 10.3. The summed E-state index contributed by atoms with van der Waals surface area (Å²) in [4.78, 5) is 23.5. The van der Waals surface area contributed by atoms with E-state index in [1.54, 1.807) is 6.08 Å². The zero-order valence-electron chi connectivity index (χ0n) is 10.6. The van der Waals surface area contributed by atoms with Gasteiger partial charge < -0.3 is 14.9 Å². The number of urea groups is 1. The van der Waals surface area contributed by atoms with Gasteiger partial charge in [0.25, 0.3) is 0 Å². The van der Waals surface area contributed by atoms with Crippen molar-refractivity contribution >= 4 is 12.0 Å². The van der Waals surface area contributed by atoms with E-state index in [0.717, 1.165) is 4.90 Å². The predicted octanol–water partition coefficient (Wildman–Crippen LogP) is 1.95. The Morgan fingerprint density at radius 1 is 1.37 bits per heavy atom. The number of carboxylic acids is 1. The van der Waals surface area contributed by atoms with E-state index in [0.29, 0.717) is 12.8 Å². The topological polar surface area (TPSA) is 60.9 Å². The second-order valence-electron chi connectivity index (χ2n) is 4.00. The first kappa shape index (κ1) is 17.3. The molecular formula is C11H17F3N2O3. The molecule has 8 heteroatoms. The molecule has 0 aromatic heterocycles. The van der Waals surface area contributed by atoms with Crippen molar-refractivity contribution in [2.75, 3.05) is 26.7 Å². The van der Waals surface area contributed by atoms with E-state index in [1.165, 1.54) is 7.05 Å². The summed E-state index contributed by atoms with van der Waals surface area (Å²) in [6, 6.07) is -0.955. The average Bonchev–Trinajstić information content (AvgIpc) is 2.24. The third-order valence-corrected chi connectivity index (χ3v) is 2.20. The molecule has 2 amide bonds. The number of allylic oxidation sites excluding steroid dienone is 1. The summed E-state index contributed by atoms with van der Waals surface area (Å²) in [5, 5.41) is 8.53. The molecule has 0 aliphatic rings. The maximum atomic E-state index is 12.3. The van der Waals surface area contributed by atoms with Crippen LogP contribution in [0.25, 0.3) is 0 Å². The van der Waals surface area contributed by atoms with Gasteiger partial charge in [-0.3, -0.25) is 4.79 Å². The minimum atomic E-state index is -4.63. The lowest BCUT2D eigenvalue weighted by molar-refractivity contribution is -0.149. The molecule has 0 heterocycles. The normalized spacial score (nSPS) is 10.9. The van der Waals surface area contributed by atoms with Crippen molar-refractivity contribution in [2.24, 2.45) is 0 Å². The number of hydrogen-bond acceptors (Lipinski definition) is 2. The summed E-state index contributed by atoms with van der Waals surface area (Å²) in [5.74, 6) is -1.49. The van der Waals surface area contributed by atoms with Gasteiger partial charge in [0.1, 0.15) is 13.1 Å². The number of rotatable bonds is 7. The zero-order chi connectivity index (χ0) is 15.1. The van der Waals surface area contributed by atoms with Gasteiger partial charge in [-0.05, 0) is 12.8 Å². The number of carboxylic acid groups (broad SMARTS) is 1. The first-order valence-corrected chi connectivity index (χ1v) is 5.57. The number of alkyl halides is 3. The molecule has 0 unspecified atom stereocenters. The fourth-order valence-electron chi connectivity index (χ4n) is 1.38. The standard InChI is InChI=1S/C11H17F3N2O3/c1-3-4-5-6-15(2)10(19)16(7-9(17)18)8-11(12,13)14/h3H,1,4-8H2,2H3,(H,17,18). The monoisotopic (exact) mass is 282 g/mol. The van der Waals surface area contributed by atoms with Crippen molar-refractivity contribution < 1.29 is 27.9 Å². The molecule has 0 atom stereocenters. The fourth-order valence-corrected chi connectivity index (χ4v) is 1.38. The second kappa shape index (κ2) is 7.65. The number of amides is 2. The fraction of sp³-hybridized carbons (Fsp3) is 0.636. The lowest BCUT2D eigenvalue weighted by Gasteiger charge is -2.27. The van der Waals surface area contributed by atoms with E-state index in [4.69, 9.17) is 5.11 Å². The van der Waals surface area contributed by atoms with Crippen LogP contribution in [0.2, 0.25) is 0 Å². The Labute approximate surface area is 109 Å². The highest BCUT2D eigenvalue weighted by Gasteiger charge is 2.34. The molecule has 0 spiro atoms. The Balaban J connectivity index is 4.60. The Morgan fingerprint density at radius 2 is 1.95 bits per heavy atom. The van der Waals surface area contributed by atoms with E-state index in [1.807, 2.05) is 0 Å². The average molecular weight is 282 g/mol. The van der Waals surface area contributed by atoms with Crippen molar-refractivity contribution in [3.8, 4) is 0 Å².